The number of fused-ring (bicyclic) bond motifs is 1. The second kappa shape index (κ2) is 3.53. The highest BCUT2D eigenvalue weighted by atomic mass is 32.1. The molecule has 1 aromatic heterocycles. The monoisotopic (exact) mass is 214 g/mol. The zero-order valence-corrected chi connectivity index (χ0v) is 8.33. The standard InChI is InChI=1S/C10H8F2OS/c1-2-13-8-4-3-7(11)6-5-9(12)14-10(6)8/h3-5H,2H2,1H3. The highest BCUT2D eigenvalue weighted by Crippen LogP contribution is 2.34. The molecule has 0 aliphatic rings. The van der Waals surface area contributed by atoms with Crippen LogP contribution >= 0.6 is 11.3 Å². The maximum Gasteiger partial charge on any atom is 0.177 e. The first kappa shape index (κ1) is 9.40. The summed E-state index contributed by atoms with van der Waals surface area (Å²) >= 11 is 0.901. The molecule has 0 amide bonds. The molecule has 0 bridgehead atoms. The average molecular weight is 214 g/mol. The Kier molecular flexibility index (Phi) is 2.37. The van der Waals surface area contributed by atoms with Gasteiger partial charge in [-0.1, -0.05) is 0 Å². The Morgan fingerprint density at radius 1 is 1.36 bits per heavy atom. The zero-order chi connectivity index (χ0) is 10.1. The lowest BCUT2D eigenvalue weighted by molar-refractivity contribution is 0.344. The molecule has 74 valence electrons. The Labute approximate surface area is 83.9 Å². The third-order valence-corrected chi connectivity index (χ3v) is 2.80. The van der Waals surface area contributed by atoms with E-state index in [2.05, 4.69) is 0 Å². The van der Waals surface area contributed by atoms with E-state index in [4.69, 9.17) is 4.74 Å². The van der Waals surface area contributed by atoms with Crippen LogP contribution < -0.4 is 4.74 Å². The maximum atomic E-state index is 13.2. The van der Waals surface area contributed by atoms with Crippen LogP contribution in [0.25, 0.3) is 10.1 Å². The van der Waals surface area contributed by atoms with Gasteiger partial charge in [-0.25, -0.2) is 4.39 Å². The van der Waals surface area contributed by atoms with Gasteiger partial charge in [0.15, 0.2) is 5.13 Å². The van der Waals surface area contributed by atoms with Crippen LogP contribution in [-0.2, 0) is 0 Å². The summed E-state index contributed by atoms with van der Waals surface area (Å²) < 4.78 is 31.9. The van der Waals surface area contributed by atoms with E-state index in [1.54, 1.807) is 0 Å². The number of thiophene rings is 1. The fourth-order valence-corrected chi connectivity index (χ4v) is 2.17. The van der Waals surface area contributed by atoms with Gasteiger partial charge in [0.25, 0.3) is 0 Å². The van der Waals surface area contributed by atoms with E-state index < -0.39 is 10.9 Å². The van der Waals surface area contributed by atoms with E-state index in [1.165, 1.54) is 18.2 Å². The van der Waals surface area contributed by atoms with Crippen molar-refractivity contribution in [1.29, 1.82) is 0 Å². The molecule has 0 saturated carbocycles. The molecule has 0 unspecified atom stereocenters. The molecule has 1 aromatic carbocycles. The summed E-state index contributed by atoms with van der Waals surface area (Å²) in [6, 6.07) is 4.01. The third kappa shape index (κ3) is 1.46. The smallest absolute Gasteiger partial charge is 0.177 e. The third-order valence-electron chi connectivity index (χ3n) is 1.86. The van der Waals surface area contributed by atoms with Crippen molar-refractivity contribution in [2.24, 2.45) is 0 Å². The molecule has 0 atom stereocenters. The van der Waals surface area contributed by atoms with Crippen LogP contribution in [0.2, 0.25) is 0 Å². The maximum absolute atomic E-state index is 13.2. The number of hydrogen-bond donors (Lipinski definition) is 0. The molecule has 0 saturated heterocycles. The molecule has 1 nitrogen and oxygen atoms in total. The number of benzene rings is 1. The van der Waals surface area contributed by atoms with Crippen molar-refractivity contribution < 1.29 is 13.5 Å². The Morgan fingerprint density at radius 3 is 2.86 bits per heavy atom. The summed E-state index contributed by atoms with van der Waals surface area (Å²) in [5, 5.41) is -0.107. The first-order valence-corrected chi connectivity index (χ1v) is 5.04. The molecule has 0 fully saturated rings. The van der Waals surface area contributed by atoms with Gasteiger partial charge in [-0.2, -0.15) is 4.39 Å². The van der Waals surface area contributed by atoms with Crippen molar-refractivity contribution in [3.05, 3.63) is 29.1 Å². The predicted molar refractivity (Wildman–Crippen MR) is 52.9 cm³/mol. The van der Waals surface area contributed by atoms with Crippen molar-refractivity contribution in [2.75, 3.05) is 6.61 Å². The molecule has 14 heavy (non-hydrogen) atoms. The van der Waals surface area contributed by atoms with Crippen molar-refractivity contribution in [3.63, 3.8) is 0 Å². The molecular formula is C10H8F2OS. The molecule has 2 aromatic rings. The highest BCUT2D eigenvalue weighted by Gasteiger charge is 2.10. The van der Waals surface area contributed by atoms with Gasteiger partial charge in [-0.05, 0) is 25.1 Å². The topological polar surface area (TPSA) is 9.23 Å². The quantitative estimate of drug-likeness (QED) is 0.742. The lowest BCUT2D eigenvalue weighted by atomic mass is 10.2. The predicted octanol–water partition coefficient (Wildman–Crippen LogP) is 3.58. The molecule has 1 heterocycles. The van der Waals surface area contributed by atoms with Crippen molar-refractivity contribution in [1.82, 2.24) is 0 Å². The number of hydrogen-bond acceptors (Lipinski definition) is 2. The lowest BCUT2D eigenvalue weighted by Crippen LogP contribution is -1.91. The molecule has 2 rings (SSSR count). The average Bonchev–Trinajstić information content (AvgIpc) is 2.53. The summed E-state index contributed by atoms with van der Waals surface area (Å²) in [7, 11) is 0. The molecule has 0 radical (unpaired) electrons. The minimum atomic E-state index is -0.413. The number of halogens is 2. The van der Waals surface area contributed by atoms with Gasteiger partial charge in [-0.3, -0.25) is 0 Å². The van der Waals surface area contributed by atoms with Gasteiger partial charge in [0.05, 0.1) is 11.3 Å². The van der Waals surface area contributed by atoms with E-state index in [0.717, 1.165) is 11.3 Å². The van der Waals surface area contributed by atoms with Gasteiger partial charge >= 0.3 is 0 Å². The van der Waals surface area contributed by atoms with Crippen molar-refractivity contribution in [2.45, 2.75) is 6.92 Å². The van der Waals surface area contributed by atoms with Gasteiger partial charge in [0.1, 0.15) is 11.6 Å². The van der Waals surface area contributed by atoms with Crippen LogP contribution in [0.3, 0.4) is 0 Å². The first-order chi connectivity index (χ1) is 6.72. The molecular weight excluding hydrogens is 206 g/mol. The minimum absolute atomic E-state index is 0.290. The summed E-state index contributed by atoms with van der Waals surface area (Å²) in [6.07, 6.45) is 0. The summed E-state index contributed by atoms with van der Waals surface area (Å²) in [5.74, 6) is 0.126. The van der Waals surface area contributed by atoms with Gasteiger partial charge < -0.3 is 4.74 Å². The van der Waals surface area contributed by atoms with Crippen molar-refractivity contribution >= 4 is 21.4 Å². The van der Waals surface area contributed by atoms with Gasteiger partial charge in [0.2, 0.25) is 0 Å². The fraction of sp³-hybridized carbons (Fsp3) is 0.200. The second-order valence-corrected chi connectivity index (χ2v) is 3.77. The van der Waals surface area contributed by atoms with Gasteiger partial charge in [-0.15, -0.1) is 11.3 Å². The molecule has 0 spiro atoms. The Balaban J connectivity index is 2.68. The second-order valence-electron chi connectivity index (χ2n) is 2.77. The fourth-order valence-electron chi connectivity index (χ4n) is 1.30. The van der Waals surface area contributed by atoms with Crippen LogP contribution in [0, 0.1) is 10.9 Å². The SMILES string of the molecule is CCOc1ccc(F)c2cc(F)sc12. The Hall–Kier alpha value is -1.16. The van der Waals surface area contributed by atoms with Crippen LogP contribution in [0.5, 0.6) is 5.75 Å². The van der Waals surface area contributed by atoms with Crippen LogP contribution in [-0.4, -0.2) is 6.61 Å². The Morgan fingerprint density at radius 2 is 2.14 bits per heavy atom. The minimum Gasteiger partial charge on any atom is -0.492 e. The summed E-state index contributed by atoms with van der Waals surface area (Å²) in [6.45, 7) is 2.32. The van der Waals surface area contributed by atoms with Crippen LogP contribution in [0.15, 0.2) is 18.2 Å². The van der Waals surface area contributed by atoms with Crippen molar-refractivity contribution in [3.8, 4) is 5.75 Å². The molecule has 0 aliphatic carbocycles. The summed E-state index contributed by atoms with van der Waals surface area (Å²) in [5.41, 5.74) is 0. The molecule has 0 aliphatic heterocycles. The van der Waals surface area contributed by atoms with E-state index in [0.29, 0.717) is 22.4 Å². The Bertz CT molecular complexity index is 464. The van der Waals surface area contributed by atoms with E-state index in [1.807, 2.05) is 6.92 Å². The number of ether oxygens (including phenoxy) is 1. The number of rotatable bonds is 2. The molecule has 4 heteroatoms. The van der Waals surface area contributed by atoms with Crippen LogP contribution in [0.1, 0.15) is 6.92 Å². The van der Waals surface area contributed by atoms with Crippen LogP contribution in [0.4, 0.5) is 8.78 Å². The normalized spacial score (nSPS) is 10.8. The van der Waals surface area contributed by atoms with Gasteiger partial charge in [0, 0.05) is 5.39 Å². The molecule has 0 N–H and O–H groups in total. The largest absolute Gasteiger partial charge is 0.492 e. The zero-order valence-electron chi connectivity index (χ0n) is 7.51. The lowest BCUT2D eigenvalue weighted by Gasteiger charge is -2.03. The van der Waals surface area contributed by atoms with E-state index in [9.17, 15) is 8.78 Å². The summed E-state index contributed by atoms with van der Waals surface area (Å²) in [4.78, 5) is 0. The van der Waals surface area contributed by atoms with E-state index >= 15 is 0 Å². The highest BCUT2D eigenvalue weighted by molar-refractivity contribution is 7.17. The van der Waals surface area contributed by atoms with E-state index in [-0.39, 0.29) is 0 Å². The first-order valence-electron chi connectivity index (χ1n) is 4.22.